The first-order chi connectivity index (χ1) is 6.68. The Morgan fingerprint density at radius 2 is 2.29 bits per heavy atom. The molecule has 0 spiro atoms. The Morgan fingerprint density at radius 3 is 2.86 bits per heavy atom. The molecular formula is C9H6BrClN2O. The van der Waals surface area contributed by atoms with Gasteiger partial charge in [0.2, 0.25) is 0 Å². The lowest BCUT2D eigenvalue weighted by atomic mass is 10.3. The lowest BCUT2D eigenvalue weighted by molar-refractivity contribution is 0.575. The quantitative estimate of drug-likeness (QED) is 0.747. The molecule has 0 unspecified atom stereocenters. The molecule has 0 saturated carbocycles. The Balaban J connectivity index is 2.53. The minimum Gasteiger partial charge on any atom is -0.461 e. The van der Waals surface area contributed by atoms with Crippen molar-refractivity contribution in [3.05, 3.63) is 33.7 Å². The molecule has 14 heavy (non-hydrogen) atoms. The average Bonchev–Trinajstić information content (AvgIpc) is 2.57. The SMILES string of the molecule is Cc1ccoc1-c1ncc(Br)c(Cl)n1. The van der Waals surface area contributed by atoms with Crippen molar-refractivity contribution in [1.82, 2.24) is 9.97 Å². The number of furan rings is 1. The molecule has 0 aliphatic rings. The Labute approximate surface area is 94.3 Å². The molecule has 2 aromatic heterocycles. The van der Waals surface area contributed by atoms with E-state index in [9.17, 15) is 0 Å². The van der Waals surface area contributed by atoms with Gasteiger partial charge in [-0.05, 0) is 34.5 Å². The zero-order valence-electron chi connectivity index (χ0n) is 7.29. The molecule has 2 aromatic rings. The van der Waals surface area contributed by atoms with Gasteiger partial charge in [0.25, 0.3) is 0 Å². The highest BCUT2D eigenvalue weighted by atomic mass is 79.9. The van der Waals surface area contributed by atoms with E-state index in [1.54, 1.807) is 12.5 Å². The number of hydrogen-bond acceptors (Lipinski definition) is 3. The van der Waals surface area contributed by atoms with Gasteiger partial charge in [-0.25, -0.2) is 9.97 Å². The van der Waals surface area contributed by atoms with Gasteiger partial charge in [-0.1, -0.05) is 11.6 Å². The van der Waals surface area contributed by atoms with Gasteiger partial charge in [0.15, 0.2) is 11.6 Å². The minimum atomic E-state index is 0.380. The van der Waals surface area contributed by atoms with Crippen molar-refractivity contribution in [1.29, 1.82) is 0 Å². The summed E-state index contributed by atoms with van der Waals surface area (Å²) in [7, 11) is 0. The summed E-state index contributed by atoms with van der Waals surface area (Å²) in [6.45, 7) is 1.93. The lowest BCUT2D eigenvalue weighted by Crippen LogP contribution is -1.89. The standard InChI is InChI=1S/C9H6BrClN2O/c1-5-2-3-14-7(5)9-12-4-6(10)8(11)13-9/h2-4H,1H3. The molecule has 0 aliphatic heterocycles. The van der Waals surface area contributed by atoms with Crippen molar-refractivity contribution in [2.75, 3.05) is 0 Å². The number of rotatable bonds is 1. The summed E-state index contributed by atoms with van der Waals surface area (Å²) in [6.07, 6.45) is 3.20. The second-order valence-corrected chi connectivity index (χ2v) is 3.98. The Kier molecular flexibility index (Phi) is 2.56. The van der Waals surface area contributed by atoms with E-state index in [1.807, 2.05) is 13.0 Å². The smallest absolute Gasteiger partial charge is 0.197 e. The van der Waals surface area contributed by atoms with Crippen LogP contribution in [0.3, 0.4) is 0 Å². The first-order valence-electron chi connectivity index (χ1n) is 3.91. The molecule has 5 heteroatoms. The number of hydrogen-bond donors (Lipinski definition) is 0. The highest BCUT2D eigenvalue weighted by Gasteiger charge is 2.10. The molecule has 0 aliphatic carbocycles. The van der Waals surface area contributed by atoms with E-state index in [2.05, 4.69) is 25.9 Å². The summed E-state index contributed by atoms with van der Waals surface area (Å²) in [5, 5.41) is 0.380. The number of halogens is 2. The molecule has 0 amide bonds. The van der Waals surface area contributed by atoms with Gasteiger partial charge in [-0.3, -0.25) is 0 Å². The molecule has 72 valence electrons. The van der Waals surface area contributed by atoms with Gasteiger partial charge in [0.1, 0.15) is 5.15 Å². The number of aryl methyl sites for hydroxylation is 1. The van der Waals surface area contributed by atoms with Crippen LogP contribution in [0.15, 0.2) is 27.4 Å². The predicted molar refractivity (Wildman–Crippen MR) is 57.2 cm³/mol. The molecule has 0 fully saturated rings. The average molecular weight is 274 g/mol. The van der Waals surface area contributed by atoms with Crippen LogP contribution in [0, 0.1) is 6.92 Å². The summed E-state index contributed by atoms with van der Waals surface area (Å²) in [5.74, 6) is 1.15. The fraction of sp³-hybridized carbons (Fsp3) is 0.111. The van der Waals surface area contributed by atoms with Crippen LogP contribution in [0.25, 0.3) is 11.6 Å². The zero-order chi connectivity index (χ0) is 10.1. The topological polar surface area (TPSA) is 38.9 Å². The molecule has 0 bridgehead atoms. The van der Waals surface area contributed by atoms with Crippen molar-refractivity contribution in [3.8, 4) is 11.6 Å². The van der Waals surface area contributed by atoms with Crippen LogP contribution in [-0.2, 0) is 0 Å². The summed E-state index contributed by atoms with van der Waals surface area (Å²) in [4.78, 5) is 8.20. The summed E-state index contributed by atoms with van der Waals surface area (Å²) < 4.78 is 5.92. The van der Waals surface area contributed by atoms with E-state index in [-0.39, 0.29) is 0 Å². The monoisotopic (exact) mass is 272 g/mol. The summed E-state index contributed by atoms with van der Waals surface area (Å²) >= 11 is 9.07. The maximum Gasteiger partial charge on any atom is 0.197 e. The number of nitrogens with zero attached hydrogens (tertiary/aromatic N) is 2. The van der Waals surface area contributed by atoms with Crippen LogP contribution in [0.2, 0.25) is 5.15 Å². The third-order valence-corrected chi connectivity index (χ3v) is 2.86. The van der Waals surface area contributed by atoms with Gasteiger partial charge < -0.3 is 4.42 Å². The van der Waals surface area contributed by atoms with Crippen LogP contribution in [0.1, 0.15) is 5.56 Å². The van der Waals surface area contributed by atoms with Crippen LogP contribution in [0.5, 0.6) is 0 Å². The minimum absolute atomic E-state index is 0.380. The highest BCUT2D eigenvalue weighted by Crippen LogP contribution is 2.25. The molecule has 0 saturated heterocycles. The number of aromatic nitrogens is 2. The Morgan fingerprint density at radius 1 is 1.50 bits per heavy atom. The second-order valence-electron chi connectivity index (χ2n) is 2.77. The fourth-order valence-corrected chi connectivity index (χ4v) is 1.38. The largest absolute Gasteiger partial charge is 0.461 e. The Hall–Kier alpha value is -0.870. The molecule has 0 N–H and O–H groups in total. The summed E-state index contributed by atoms with van der Waals surface area (Å²) in [6, 6.07) is 1.86. The normalized spacial score (nSPS) is 10.5. The van der Waals surface area contributed by atoms with Crippen LogP contribution < -0.4 is 0 Å². The van der Waals surface area contributed by atoms with E-state index >= 15 is 0 Å². The molecule has 0 atom stereocenters. The van der Waals surface area contributed by atoms with Gasteiger partial charge in [-0.2, -0.15) is 0 Å². The van der Waals surface area contributed by atoms with Gasteiger partial charge >= 0.3 is 0 Å². The van der Waals surface area contributed by atoms with E-state index in [4.69, 9.17) is 16.0 Å². The maximum atomic E-state index is 5.84. The molecule has 2 heterocycles. The Bertz CT molecular complexity index is 470. The van der Waals surface area contributed by atoms with E-state index in [1.165, 1.54) is 0 Å². The van der Waals surface area contributed by atoms with Crippen molar-refractivity contribution >= 4 is 27.5 Å². The molecule has 0 aromatic carbocycles. The van der Waals surface area contributed by atoms with E-state index < -0.39 is 0 Å². The lowest BCUT2D eigenvalue weighted by Gasteiger charge is -1.98. The van der Waals surface area contributed by atoms with Crippen LogP contribution in [-0.4, -0.2) is 9.97 Å². The molecular weight excluding hydrogens is 267 g/mol. The second kappa shape index (κ2) is 3.71. The van der Waals surface area contributed by atoms with Crippen LogP contribution in [0.4, 0.5) is 0 Å². The van der Waals surface area contributed by atoms with Gasteiger partial charge in [0.05, 0.1) is 10.7 Å². The fourth-order valence-electron chi connectivity index (χ4n) is 1.06. The van der Waals surface area contributed by atoms with Gasteiger partial charge in [-0.15, -0.1) is 0 Å². The molecule has 3 nitrogen and oxygen atoms in total. The third kappa shape index (κ3) is 1.67. The third-order valence-electron chi connectivity index (χ3n) is 1.77. The van der Waals surface area contributed by atoms with Crippen molar-refractivity contribution < 1.29 is 4.42 Å². The van der Waals surface area contributed by atoms with Crippen molar-refractivity contribution in [2.24, 2.45) is 0 Å². The zero-order valence-corrected chi connectivity index (χ0v) is 9.63. The van der Waals surface area contributed by atoms with Crippen LogP contribution >= 0.6 is 27.5 Å². The first kappa shape index (κ1) is 9.68. The predicted octanol–water partition coefficient (Wildman–Crippen LogP) is 3.46. The highest BCUT2D eigenvalue weighted by molar-refractivity contribution is 9.10. The van der Waals surface area contributed by atoms with E-state index in [0.717, 1.165) is 5.56 Å². The summed E-state index contributed by atoms with van der Waals surface area (Å²) in [5.41, 5.74) is 0.989. The molecule has 2 rings (SSSR count). The van der Waals surface area contributed by atoms with Crippen molar-refractivity contribution in [2.45, 2.75) is 6.92 Å². The van der Waals surface area contributed by atoms with Gasteiger partial charge in [0, 0.05) is 6.20 Å². The first-order valence-corrected chi connectivity index (χ1v) is 5.08. The maximum absolute atomic E-state index is 5.84. The van der Waals surface area contributed by atoms with Crippen molar-refractivity contribution in [3.63, 3.8) is 0 Å². The van der Waals surface area contributed by atoms with E-state index in [0.29, 0.717) is 21.2 Å². The molecule has 0 radical (unpaired) electrons.